The van der Waals surface area contributed by atoms with Crippen LogP contribution >= 0.6 is 0 Å². The Morgan fingerprint density at radius 1 is 1.14 bits per heavy atom. The average molecular weight is 313 g/mol. The Kier molecular flexibility index (Phi) is 12.1. The second kappa shape index (κ2) is 13.8. The minimum Gasteiger partial charge on any atom is -0.381 e. The van der Waals surface area contributed by atoms with Crippen LogP contribution in [0.5, 0.6) is 0 Å². The highest BCUT2D eigenvalue weighted by Gasteiger charge is 2.13. The van der Waals surface area contributed by atoms with E-state index < -0.39 is 0 Å². The van der Waals surface area contributed by atoms with Gasteiger partial charge in [0.05, 0.1) is 0 Å². The van der Waals surface area contributed by atoms with Gasteiger partial charge in [0, 0.05) is 46.1 Å². The molecule has 0 unspecified atom stereocenters. The van der Waals surface area contributed by atoms with Crippen LogP contribution in [0.2, 0.25) is 0 Å². The molecule has 22 heavy (non-hydrogen) atoms. The van der Waals surface area contributed by atoms with Crippen molar-refractivity contribution < 1.29 is 9.47 Å². The fourth-order valence-electron chi connectivity index (χ4n) is 2.44. The van der Waals surface area contributed by atoms with Crippen LogP contribution in [0.3, 0.4) is 0 Å². The van der Waals surface area contributed by atoms with E-state index in [1.165, 1.54) is 19.3 Å². The number of ether oxygens (including phenoxy) is 2. The first kappa shape index (κ1) is 19.2. The van der Waals surface area contributed by atoms with Crippen LogP contribution in [-0.4, -0.2) is 52.0 Å². The molecule has 0 saturated carbocycles. The SMILES string of the molecule is CCCCCNC(=NCCCOCC1CCOCC1)NCC. The zero-order valence-electron chi connectivity index (χ0n) is 14.5. The quantitative estimate of drug-likeness (QED) is 0.350. The molecule has 0 aromatic rings. The van der Waals surface area contributed by atoms with Crippen LogP contribution in [0.4, 0.5) is 0 Å². The predicted octanol–water partition coefficient (Wildman–Crippen LogP) is 2.57. The Labute approximate surface area is 136 Å². The van der Waals surface area contributed by atoms with Crippen molar-refractivity contribution in [3.05, 3.63) is 0 Å². The fraction of sp³-hybridized carbons (Fsp3) is 0.941. The van der Waals surface area contributed by atoms with Gasteiger partial charge in [-0.1, -0.05) is 19.8 Å². The molecular weight excluding hydrogens is 278 g/mol. The molecule has 1 heterocycles. The van der Waals surface area contributed by atoms with Gasteiger partial charge >= 0.3 is 0 Å². The highest BCUT2D eigenvalue weighted by molar-refractivity contribution is 5.79. The summed E-state index contributed by atoms with van der Waals surface area (Å²) in [6, 6.07) is 0. The second-order valence-electron chi connectivity index (χ2n) is 5.88. The monoisotopic (exact) mass is 313 g/mol. The summed E-state index contributed by atoms with van der Waals surface area (Å²) in [5, 5.41) is 6.67. The standard InChI is InChI=1S/C17H35N3O2/c1-3-5-6-10-19-17(18-4-2)20-11-7-12-22-15-16-8-13-21-14-9-16/h16H,3-15H2,1-2H3,(H2,18,19,20). The van der Waals surface area contributed by atoms with Crippen molar-refractivity contribution >= 4 is 5.96 Å². The summed E-state index contributed by atoms with van der Waals surface area (Å²) in [6.07, 6.45) is 6.99. The molecule has 1 aliphatic rings. The maximum atomic E-state index is 5.76. The molecule has 0 aromatic heterocycles. The van der Waals surface area contributed by atoms with E-state index in [-0.39, 0.29) is 0 Å². The van der Waals surface area contributed by atoms with E-state index in [4.69, 9.17) is 9.47 Å². The number of hydrogen-bond acceptors (Lipinski definition) is 3. The van der Waals surface area contributed by atoms with Crippen molar-refractivity contribution in [1.82, 2.24) is 10.6 Å². The number of rotatable bonds is 11. The van der Waals surface area contributed by atoms with Gasteiger partial charge in [-0.2, -0.15) is 0 Å². The maximum Gasteiger partial charge on any atom is 0.191 e. The molecular formula is C17H35N3O2. The van der Waals surface area contributed by atoms with Crippen molar-refractivity contribution in [3.63, 3.8) is 0 Å². The van der Waals surface area contributed by atoms with Gasteiger partial charge in [0.25, 0.3) is 0 Å². The average Bonchev–Trinajstić information content (AvgIpc) is 2.55. The number of aliphatic imine (C=N–C) groups is 1. The number of unbranched alkanes of at least 4 members (excludes halogenated alkanes) is 2. The minimum atomic E-state index is 0.690. The molecule has 0 spiro atoms. The Morgan fingerprint density at radius 2 is 1.95 bits per heavy atom. The highest BCUT2D eigenvalue weighted by atomic mass is 16.5. The third-order valence-electron chi connectivity index (χ3n) is 3.83. The van der Waals surface area contributed by atoms with Gasteiger partial charge in [0.2, 0.25) is 0 Å². The van der Waals surface area contributed by atoms with Crippen LogP contribution in [0, 0.1) is 5.92 Å². The third kappa shape index (κ3) is 10.0. The molecule has 1 aliphatic heterocycles. The van der Waals surface area contributed by atoms with Gasteiger partial charge in [0.1, 0.15) is 0 Å². The Hall–Kier alpha value is -0.810. The smallest absolute Gasteiger partial charge is 0.191 e. The summed E-state index contributed by atoms with van der Waals surface area (Å²) < 4.78 is 11.1. The number of hydrogen-bond donors (Lipinski definition) is 2. The van der Waals surface area contributed by atoms with Gasteiger partial charge in [-0.3, -0.25) is 4.99 Å². The zero-order valence-corrected chi connectivity index (χ0v) is 14.5. The third-order valence-corrected chi connectivity index (χ3v) is 3.83. The molecule has 1 rings (SSSR count). The van der Waals surface area contributed by atoms with Gasteiger partial charge < -0.3 is 20.1 Å². The summed E-state index contributed by atoms with van der Waals surface area (Å²) in [5.74, 6) is 1.62. The highest BCUT2D eigenvalue weighted by Crippen LogP contribution is 2.14. The summed E-state index contributed by atoms with van der Waals surface area (Å²) >= 11 is 0. The first-order valence-electron chi connectivity index (χ1n) is 9.04. The molecule has 0 aliphatic carbocycles. The molecule has 1 saturated heterocycles. The summed E-state index contributed by atoms with van der Waals surface area (Å²) in [4.78, 5) is 4.59. The topological polar surface area (TPSA) is 54.9 Å². The number of nitrogens with zero attached hydrogens (tertiary/aromatic N) is 1. The van der Waals surface area contributed by atoms with Gasteiger partial charge in [0.15, 0.2) is 5.96 Å². The molecule has 0 aromatic carbocycles. The molecule has 0 atom stereocenters. The molecule has 5 heteroatoms. The van der Waals surface area contributed by atoms with Crippen molar-refractivity contribution in [2.75, 3.05) is 46.1 Å². The van der Waals surface area contributed by atoms with Crippen LogP contribution in [-0.2, 0) is 9.47 Å². The Bertz CT molecular complexity index is 279. The molecule has 0 amide bonds. The molecule has 2 N–H and O–H groups in total. The Balaban J connectivity index is 2.04. The van der Waals surface area contributed by atoms with Crippen LogP contribution in [0.1, 0.15) is 52.4 Å². The van der Waals surface area contributed by atoms with Gasteiger partial charge in [-0.05, 0) is 38.5 Å². The van der Waals surface area contributed by atoms with Gasteiger partial charge in [-0.15, -0.1) is 0 Å². The fourth-order valence-corrected chi connectivity index (χ4v) is 2.44. The van der Waals surface area contributed by atoms with Crippen LogP contribution < -0.4 is 10.6 Å². The molecule has 0 radical (unpaired) electrons. The lowest BCUT2D eigenvalue weighted by molar-refractivity contribution is 0.0205. The van der Waals surface area contributed by atoms with E-state index in [9.17, 15) is 0 Å². The molecule has 1 fully saturated rings. The summed E-state index contributed by atoms with van der Waals surface area (Å²) in [7, 11) is 0. The van der Waals surface area contributed by atoms with E-state index in [0.717, 1.165) is 71.3 Å². The van der Waals surface area contributed by atoms with E-state index in [1.54, 1.807) is 0 Å². The van der Waals surface area contributed by atoms with E-state index >= 15 is 0 Å². The molecule has 130 valence electrons. The first-order chi connectivity index (χ1) is 10.9. The van der Waals surface area contributed by atoms with Crippen molar-refractivity contribution in [3.8, 4) is 0 Å². The second-order valence-corrected chi connectivity index (χ2v) is 5.88. The lowest BCUT2D eigenvalue weighted by Gasteiger charge is -2.21. The normalized spacial score (nSPS) is 16.7. The van der Waals surface area contributed by atoms with Crippen LogP contribution in [0.15, 0.2) is 4.99 Å². The van der Waals surface area contributed by atoms with E-state index in [0.29, 0.717) is 5.92 Å². The predicted molar refractivity (Wildman–Crippen MR) is 92.5 cm³/mol. The van der Waals surface area contributed by atoms with E-state index in [1.807, 2.05) is 0 Å². The van der Waals surface area contributed by atoms with Crippen molar-refractivity contribution in [1.29, 1.82) is 0 Å². The lowest BCUT2D eigenvalue weighted by Crippen LogP contribution is -2.37. The largest absolute Gasteiger partial charge is 0.381 e. The molecule has 0 bridgehead atoms. The number of nitrogens with one attached hydrogen (secondary N) is 2. The molecule has 5 nitrogen and oxygen atoms in total. The number of guanidine groups is 1. The lowest BCUT2D eigenvalue weighted by atomic mass is 10.0. The van der Waals surface area contributed by atoms with Gasteiger partial charge in [-0.25, -0.2) is 0 Å². The zero-order chi connectivity index (χ0) is 15.9. The van der Waals surface area contributed by atoms with Crippen molar-refractivity contribution in [2.45, 2.75) is 52.4 Å². The minimum absolute atomic E-state index is 0.690. The summed E-state index contributed by atoms with van der Waals surface area (Å²) in [5.41, 5.74) is 0. The summed E-state index contributed by atoms with van der Waals surface area (Å²) in [6.45, 7) is 10.5. The Morgan fingerprint density at radius 3 is 2.68 bits per heavy atom. The van der Waals surface area contributed by atoms with E-state index in [2.05, 4.69) is 29.5 Å². The van der Waals surface area contributed by atoms with Crippen LogP contribution in [0.25, 0.3) is 0 Å². The first-order valence-corrected chi connectivity index (χ1v) is 9.04. The maximum absolute atomic E-state index is 5.76. The van der Waals surface area contributed by atoms with Crippen molar-refractivity contribution in [2.24, 2.45) is 10.9 Å².